The van der Waals surface area contributed by atoms with E-state index in [9.17, 15) is 20.0 Å². The molecule has 16 heteroatoms. The summed E-state index contributed by atoms with van der Waals surface area (Å²) < 4.78 is 44.2. The van der Waals surface area contributed by atoms with Crippen LogP contribution in [0.1, 0.15) is 153 Å². The van der Waals surface area contributed by atoms with Gasteiger partial charge in [0, 0.05) is 59.5 Å². The third-order valence-electron chi connectivity index (χ3n) is 15.6. The number of benzene rings is 3. The fourth-order valence-corrected chi connectivity index (χ4v) is 13.9. The number of carbonyl (C=O) groups excluding carboxylic acids is 3. The Kier molecular flexibility index (Phi) is 14.8. The first-order valence-corrected chi connectivity index (χ1v) is 26.4. The molecule has 2 N–H and O–H groups in total. The van der Waals surface area contributed by atoms with Gasteiger partial charge in [-0.15, -0.1) is 11.8 Å². The number of esters is 3. The number of phenolic OH excluding ortho intramolecular Hbond substituents is 1. The van der Waals surface area contributed by atoms with Crippen molar-refractivity contribution >= 4 is 29.7 Å². The molecule has 0 aromatic heterocycles. The number of hydrogen-bond donors (Lipinski definition) is 2. The van der Waals surface area contributed by atoms with E-state index in [0.29, 0.717) is 83.2 Å². The van der Waals surface area contributed by atoms with E-state index < -0.39 is 40.9 Å². The lowest BCUT2D eigenvalue weighted by atomic mass is 9.71. The summed E-state index contributed by atoms with van der Waals surface area (Å²) >= 11 is 1.51. The number of nitrogens with one attached hydrogen (secondary N) is 1. The van der Waals surface area contributed by atoms with Crippen molar-refractivity contribution in [2.75, 3.05) is 47.0 Å². The number of thioether (sulfide) groups is 1. The number of rotatable bonds is 16. The van der Waals surface area contributed by atoms with Crippen LogP contribution in [0.5, 0.6) is 40.2 Å². The van der Waals surface area contributed by atoms with Crippen LogP contribution in [0.4, 0.5) is 0 Å². The van der Waals surface area contributed by atoms with Gasteiger partial charge in [0.25, 0.3) is 0 Å². The second-order valence-electron chi connectivity index (χ2n) is 19.8. The molecule has 0 radical (unpaired) electrons. The molecule has 0 amide bonds. The maximum absolute atomic E-state index is 15.1. The van der Waals surface area contributed by atoms with E-state index in [-0.39, 0.29) is 61.5 Å². The molecule has 70 heavy (non-hydrogen) atoms. The molecule has 376 valence electrons. The molecule has 3 aromatic carbocycles. The molecule has 7 aliphatic heterocycles. The Bertz CT molecular complexity index is 2560. The summed E-state index contributed by atoms with van der Waals surface area (Å²) in [5.74, 6) is 1.25. The minimum Gasteiger partial charge on any atom is -0.504 e. The number of carbonyl (C=O) groups is 3. The monoisotopic (exact) mass is 980 g/mol. The lowest BCUT2D eigenvalue weighted by Gasteiger charge is -2.62. The summed E-state index contributed by atoms with van der Waals surface area (Å²) in [5, 5.41) is 25.4. The van der Waals surface area contributed by atoms with Gasteiger partial charge >= 0.3 is 17.9 Å². The van der Waals surface area contributed by atoms with Gasteiger partial charge in [-0.05, 0) is 81.0 Å². The molecular formula is C54H68N4O11S. The molecule has 15 nitrogen and oxygen atoms in total. The summed E-state index contributed by atoms with van der Waals surface area (Å²) in [6, 6.07) is 5.27. The molecule has 7 aliphatic rings. The molecule has 7 heterocycles. The zero-order valence-electron chi connectivity index (χ0n) is 41.7. The molecule has 1 spiro atoms. The predicted molar refractivity (Wildman–Crippen MR) is 263 cm³/mol. The van der Waals surface area contributed by atoms with Crippen LogP contribution in [-0.4, -0.2) is 97.9 Å². The van der Waals surface area contributed by atoms with E-state index >= 15 is 4.79 Å². The minimum atomic E-state index is -1.40. The molecule has 4 bridgehead atoms. The van der Waals surface area contributed by atoms with Crippen LogP contribution in [0.15, 0.2) is 18.2 Å². The normalized spacial score (nSPS) is 25.2. The molecule has 3 aromatic rings. The lowest BCUT2D eigenvalue weighted by molar-refractivity contribution is -0.157. The predicted octanol–water partition coefficient (Wildman–Crippen LogP) is 8.89. The summed E-state index contributed by atoms with van der Waals surface area (Å²) in [6.45, 7) is 8.32. The zero-order valence-corrected chi connectivity index (χ0v) is 42.5. The van der Waals surface area contributed by atoms with Crippen LogP contribution in [0, 0.1) is 25.2 Å². The summed E-state index contributed by atoms with van der Waals surface area (Å²) in [4.78, 5) is 47.8. The molecule has 0 aliphatic carbocycles. The molecule has 7 atom stereocenters. The van der Waals surface area contributed by atoms with Gasteiger partial charge in [0.15, 0.2) is 40.0 Å². The quantitative estimate of drug-likeness (QED) is 0.0789. The number of nitrogens with zero attached hydrogens (tertiary/aromatic N) is 3. The average Bonchev–Trinajstić information content (AvgIpc) is 3.84. The number of aromatic hydroxyl groups is 1. The first-order chi connectivity index (χ1) is 33.9. The van der Waals surface area contributed by atoms with Gasteiger partial charge in [0.05, 0.1) is 37.6 Å². The van der Waals surface area contributed by atoms with Crippen molar-refractivity contribution in [1.82, 2.24) is 15.1 Å². The Morgan fingerprint density at radius 2 is 1.56 bits per heavy atom. The third-order valence-corrected chi connectivity index (χ3v) is 17.0. The van der Waals surface area contributed by atoms with Gasteiger partial charge in [-0.3, -0.25) is 24.7 Å². The van der Waals surface area contributed by atoms with Crippen molar-refractivity contribution in [2.24, 2.45) is 0 Å². The zero-order chi connectivity index (χ0) is 49.4. The van der Waals surface area contributed by atoms with E-state index in [0.717, 1.165) is 73.6 Å². The number of ether oxygens (including phenoxy) is 7. The Hall–Kier alpha value is -5.21. The second-order valence-corrected chi connectivity index (χ2v) is 20.9. The fourth-order valence-electron chi connectivity index (χ4n) is 12.2. The highest BCUT2D eigenvalue weighted by molar-refractivity contribution is 7.99. The van der Waals surface area contributed by atoms with Crippen molar-refractivity contribution in [3.63, 3.8) is 0 Å². The Morgan fingerprint density at radius 3 is 2.23 bits per heavy atom. The molecule has 10 rings (SSSR count). The van der Waals surface area contributed by atoms with Crippen LogP contribution in [0.25, 0.3) is 0 Å². The first-order valence-electron chi connectivity index (χ1n) is 25.3. The number of methoxy groups -OCH3 is 2. The van der Waals surface area contributed by atoms with E-state index in [1.165, 1.54) is 18.9 Å². The van der Waals surface area contributed by atoms with Gasteiger partial charge in [-0.2, -0.15) is 5.26 Å². The van der Waals surface area contributed by atoms with Crippen molar-refractivity contribution in [1.29, 1.82) is 5.26 Å². The number of hydrogen-bond acceptors (Lipinski definition) is 16. The van der Waals surface area contributed by atoms with Crippen molar-refractivity contribution in [3.05, 3.63) is 62.7 Å². The number of phenols is 1. The Balaban J connectivity index is 1.26. The number of likely N-dealkylation sites (N-methyl/N-ethyl adjacent to an activating group) is 1. The van der Waals surface area contributed by atoms with Crippen LogP contribution in [0.2, 0.25) is 0 Å². The van der Waals surface area contributed by atoms with Crippen LogP contribution in [0.3, 0.4) is 0 Å². The second kappa shape index (κ2) is 20.9. The van der Waals surface area contributed by atoms with E-state index in [1.54, 1.807) is 19.2 Å². The number of piperazine rings is 1. The van der Waals surface area contributed by atoms with E-state index in [2.05, 4.69) is 41.1 Å². The largest absolute Gasteiger partial charge is 0.504 e. The maximum Gasteiger partial charge on any atom is 0.331 e. The van der Waals surface area contributed by atoms with Gasteiger partial charge in [-0.25, -0.2) is 4.79 Å². The number of unbranched alkanes of at least 4 members (excludes halogenated alkanes) is 8. The highest BCUT2D eigenvalue weighted by Gasteiger charge is 2.62. The number of fused-ring (bicyclic) bond motifs is 9. The highest BCUT2D eigenvalue weighted by atomic mass is 32.2. The fraction of sp³-hybridized carbons (Fsp3) is 0.593. The Morgan fingerprint density at radius 1 is 0.871 bits per heavy atom. The minimum absolute atomic E-state index is 0.0249. The average molecular weight is 981 g/mol. The number of nitriles is 1. The SMILES string of the molecule is CCCCCCCC(=O)Oc1c(C)c2c(c3c1[C@H]1SC[C@]4(NCCc5cc(O)c(OC)cc54)C(=O)OC[C@H]3N3C1[C@@H]1c4c(cc(C)c(OC)c4OC(=O)CCCCCCC)C[C@H]([C@@H]3C#N)N1C)OCO2. The summed E-state index contributed by atoms with van der Waals surface area (Å²) in [7, 11) is 5.11. The van der Waals surface area contributed by atoms with Gasteiger partial charge in [-0.1, -0.05) is 71.3 Å². The molecule has 2 fully saturated rings. The standard InChI is InChI=1S/C54H68N4O11S/c1-8-10-12-14-16-18-40(60)68-48-31(4)49-50(67-29-66-49)43-37-27-65-53(62)54(34-25-39(63-6)38(59)24-32(34)20-21-56-54)28-70-52(44(43)48)46-45-42-33(23-35(57(45)5)36(26-55)58(37)46)22-30(3)47(64-7)51(42)69-41(61)19-17-15-13-11-9-2/h22,24-25,35-37,45-46,52,56,59H,8-21,23,27-29H2,1-7H3/t35-,36+,37-,45+,46?,52-,54-/m1/s1. The summed E-state index contributed by atoms with van der Waals surface area (Å²) in [6.07, 6.45) is 11.2. The van der Waals surface area contributed by atoms with Crippen molar-refractivity contribution in [3.8, 4) is 46.3 Å². The van der Waals surface area contributed by atoms with Gasteiger partial charge in [0.1, 0.15) is 18.4 Å². The molecule has 2 saturated heterocycles. The van der Waals surface area contributed by atoms with Crippen LogP contribution < -0.4 is 33.7 Å². The van der Waals surface area contributed by atoms with Crippen LogP contribution in [-0.2, 0) is 37.5 Å². The third kappa shape index (κ3) is 8.62. The Labute approximate surface area is 415 Å². The smallest absolute Gasteiger partial charge is 0.331 e. The summed E-state index contributed by atoms with van der Waals surface area (Å²) in [5.41, 5.74) is 4.59. The van der Waals surface area contributed by atoms with Gasteiger partial charge < -0.3 is 38.3 Å². The molecular weight excluding hydrogens is 913 g/mol. The maximum atomic E-state index is 15.1. The van der Waals surface area contributed by atoms with Crippen LogP contribution >= 0.6 is 11.8 Å². The number of aryl methyl sites for hydroxylation is 1. The van der Waals surface area contributed by atoms with E-state index in [1.807, 2.05) is 20.9 Å². The highest BCUT2D eigenvalue weighted by Crippen LogP contribution is 2.65. The van der Waals surface area contributed by atoms with E-state index in [4.69, 9.17) is 33.2 Å². The topological polar surface area (TPSA) is 178 Å². The first kappa shape index (κ1) is 49.8. The molecule has 0 saturated carbocycles. The van der Waals surface area contributed by atoms with Crippen molar-refractivity contribution in [2.45, 2.75) is 159 Å². The van der Waals surface area contributed by atoms with Crippen molar-refractivity contribution < 1.29 is 52.6 Å². The van der Waals surface area contributed by atoms with Gasteiger partial charge in [0.2, 0.25) is 6.79 Å². The molecule has 1 unspecified atom stereocenters. The lowest BCUT2D eigenvalue weighted by Crippen LogP contribution is -2.69.